The van der Waals surface area contributed by atoms with Gasteiger partial charge in [-0.25, -0.2) is 4.57 Å². The van der Waals surface area contributed by atoms with Crippen LogP contribution in [0.15, 0.2) is 48.6 Å². The molecular formula is C61H116N2O7P+. The molecule has 0 fully saturated rings. The van der Waals surface area contributed by atoms with Crippen molar-refractivity contribution < 1.29 is 37.3 Å². The van der Waals surface area contributed by atoms with Crippen LogP contribution in [-0.4, -0.2) is 74.3 Å². The number of unbranched alkanes of at least 4 members (excludes halogenated alkanes) is 34. The van der Waals surface area contributed by atoms with Crippen LogP contribution in [0.4, 0.5) is 0 Å². The number of esters is 1. The van der Waals surface area contributed by atoms with Crippen LogP contribution >= 0.6 is 7.82 Å². The number of phosphoric ester groups is 1. The van der Waals surface area contributed by atoms with Crippen LogP contribution in [0.25, 0.3) is 0 Å². The Hall–Kier alpha value is -2.03. The van der Waals surface area contributed by atoms with E-state index < -0.39 is 20.0 Å². The van der Waals surface area contributed by atoms with Gasteiger partial charge in [0.2, 0.25) is 5.91 Å². The van der Waals surface area contributed by atoms with Crippen LogP contribution in [0.1, 0.15) is 278 Å². The highest BCUT2D eigenvalue weighted by Gasteiger charge is 2.30. The summed E-state index contributed by atoms with van der Waals surface area (Å²) in [5.41, 5.74) is 0. The van der Waals surface area contributed by atoms with Crippen molar-refractivity contribution in [3.05, 3.63) is 48.6 Å². The molecular weight excluding hydrogens is 904 g/mol. The number of amides is 1. The third-order valence-electron chi connectivity index (χ3n) is 13.3. The van der Waals surface area contributed by atoms with E-state index in [9.17, 15) is 19.0 Å². The molecule has 0 aromatic carbocycles. The van der Waals surface area contributed by atoms with Gasteiger partial charge in [0.25, 0.3) is 0 Å². The second-order valence-electron chi connectivity index (χ2n) is 21.6. The first-order valence-electron chi connectivity index (χ1n) is 30.0. The summed E-state index contributed by atoms with van der Waals surface area (Å²) in [6.07, 6.45) is 62.5. The Balaban J connectivity index is 5.28. The van der Waals surface area contributed by atoms with E-state index in [4.69, 9.17) is 13.8 Å². The van der Waals surface area contributed by atoms with E-state index in [0.29, 0.717) is 17.4 Å². The predicted octanol–water partition coefficient (Wildman–Crippen LogP) is 18.1. The average molecular weight is 1020 g/mol. The molecule has 71 heavy (non-hydrogen) atoms. The molecule has 0 radical (unpaired) electrons. The molecule has 0 aromatic rings. The maximum atomic E-state index is 13.5. The van der Waals surface area contributed by atoms with Gasteiger partial charge in [0.15, 0.2) is 0 Å². The van der Waals surface area contributed by atoms with Crippen molar-refractivity contribution in [1.29, 1.82) is 0 Å². The summed E-state index contributed by atoms with van der Waals surface area (Å²) in [5.74, 6) is -0.520. The van der Waals surface area contributed by atoms with Crippen LogP contribution in [-0.2, 0) is 27.9 Å². The van der Waals surface area contributed by atoms with E-state index >= 15 is 0 Å². The number of carbonyl (C=O) groups is 2. The van der Waals surface area contributed by atoms with E-state index in [1.54, 1.807) is 0 Å². The number of carbonyl (C=O) groups excluding carboxylic acids is 2. The molecule has 2 N–H and O–H groups in total. The van der Waals surface area contributed by atoms with Crippen molar-refractivity contribution in [2.75, 3.05) is 40.9 Å². The lowest BCUT2D eigenvalue weighted by molar-refractivity contribution is -0.870. The lowest BCUT2D eigenvalue weighted by atomic mass is 10.0. The fourth-order valence-corrected chi connectivity index (χ4v) is 9.44. The standard InChI is InChI=1S/C61H115N2O7P/c1-7-10-13-16-19-22-25-28-29-30-31-32-33-36-38-41-44-47-50-53-60(64)62-58(57-69-71(66,67)68-56-55-63(4,5)6)59(52-49-46-43-40-37-34-26-23-20-17-14-11-8-2)70-61(65)54-51-48-45-42-39-35-27-24-21-18-15-12-9-3/h12,15,18,21,24,27,49,52,58-59H,7-11,13-14,16-17,19-20,22-23,25-26,28-48,50-51,53-57H2,1-6H3,(H-,62,64,66,67)/p+1/b15-12+,21-18+,27-24-,52-49+. The Morgan fingerprint density at radius 3 is 1.34 bits per heavy atom. The molecule has 0 saturated carbocycles. The second kappa shape index (κ2) is 51.5. The Morgan fingerprint density at radius 2 is 0.901 bits per heavy atom. The summed E-state index contributed by atoms with van der Waals surface area (Å²) >= 11 is 0. The summed E-state index contributed by atoms with van der Waals surface area (Å²) in [7, 11) is 1.49. The first-order valence-corrected chi connectivity index (χ1v) is 31.5. The number of nitrogens with zero attached hydrogens (tertiary/aromatic N) is 1. The topological polar surface area (TPSA) is 111 Å². The van der Waals surface area contributed by atoms with Gasteiger partial charge < -0.3 is 19.4 Å². The lowest BCUT2D eigenvalue weighted by Crippen LogP contribution is -2.47. The number of hydrogen-bond acceptors (Lipinski definition) is 6. The van der Waals surface area contributed by atoms with E-state index in [0.717, 1.165) is 83.5 Å². The van der Waals surface area contributed by atoms with Gasteiger partial charge in [0.1, 0.15) is 19.3 Å². The maximum Gasteiger partial charge on any atom is 0.472 e. The zero-order chi connectivity index (χ0) is 52.2. The minimum absolute atomic E-state index is 0.0377. The Labute approximate surface area is 439 Å². The second-order valence-corrected chi connectivity index (χ2v) is 23.0. The van der Waals surface area contributed by atoms with Crippen molar-refractivity contribution >= 4 is 19.7 Å². The zero-order valence-corrected chi connectivity index (χ0v) is 48.4. The van der Waals surface area contributed by atoms with E-state index in [1.807, 2.05) is 33.3 Å². The van der Waals surface area contributed by atoms with Crippen LogP contribution < -0.4 is 5.32 Å². The van der Waals surface area contributed by atoms with Gasteiger partial charge >= 0.3 is 13.8 Å². The smallest absolute Gasteiger partial charge is 0.456 e. The first-order chi connectivity index (χ1) is 34.4. The Morgan fingerprint density at radius 1 is 0.507 bits per heavy atom. The van der Waals surface area contributed by atoms with Gasteiger partial charge in [0.05, 0.1) is 33.8 Å². The van der Waals surface area contributed by atoms with Gasteiger partial charge in [-0.15, -0.1) is 0 Å². The van der Waals surface area contributed by atoms with Crippen LogP contribution in [0.3, 0.4) is 0 Å². The quantitative estimate of drug-likeness (QED) is 0.0156. The highest BCUT2D eigenvalue weighted by Crippen LogP contribution is 2.43. The predicted molar refractivity (Wildman–Crippen MR) is 305 cm³/mol. The maximum absolute atomic E-state index is 13.5. The number of hydrogen-bond donors (Lipinski definition) is 2. The summed E-state index contributed by atoms with van der Waals surface area (Å²) in [4.78, 5) is 37.6. The molecule has 0 aliphatic heterocycles. The molecule has 0 spiro atoms. The molecule has 0 bridgehead atoms. The fourth-order valence-electron chi connectivity index (χ4n) is 8.71. The number of likely N-dealkylation sites (N-methyl/N-ethyl adjacent to an activating group) is 1. The van der Waals surface area contributed by atoms with Crippen molar-refractivity contribution in [3.63, 3.8) is 0 Å². The van der Waals surface area contributed by atoms with E-state index in [-0.39, 0.29) is 31.5 Å². The van der Waals surface area contributed by atoms with Gasteiger partial charge in [0, 0.05) is 12.8 Å². The summed E-state index contributed by atoms with van der Waals surface area (Å²) in [6.45, 7) is 6.89. The first kappa shape index (κ1) is 69.0. The summed E-state index contributed by atoms with van der Waals surface area (Å²) < 4.78 is 30.6. The van der Waals surface area contributed by atoms with Crippen molar-refractivity contribution in [3.8, 4) is 0 Å². The van der Waals surface area contributed by atoms with E-state index in [1.165, 1.54) is 161 Å². The molecule has 3 atom stereocenters. The normalized spacial score (nSPS) is 14.1. The SMILES string of the molecule is CC/C=C/C=C/C=C\CCCCCCCC(=O)OC(/C=C/CCCCCCCCCCCCC)C(COP(=O)(O)OCC[N+](C)(C)C)NC(=O)CCCCCCCCCCCCCCCCCCCCC. The molecule has 9 nitrogen and oxygen atoms in total. The van der Waals surface area contributed by atoms with Gasteiger partial charge in [-0.1, -0.05) is 262 Å². The average Bonchev–Trinajstić information content (AvgIpc) is 3.33. The minimum atomic E-state index is -4.45. The van der Waals surface area contributed by atoms with Crippen LogP contribution in [0.2, 0.25) is 0 Å². The largest absolute Gasteiger partial charge is 0.472 e. The van der Waals surface area contributed by atoms with Gasteiger partial charge in [-0.05, 0) is 51.0 Å². The number of quaternary nitrogens is 1. The molecule has 0 rings (SSSR count). The Bertz CT molecular complexity index is 1360. The number of rotatable bonds is 54. The minimum Gasteiger partial charge on any atom is -0.456 e. The molecule has 416 valence electrons. The molecule has 0 aliphatic carbocycles. The van der Waals surface area contributed by atoms with Crippen molar-refractivity contribution in [2.45, 2.75) is 290 Å². The third-order valence-corrected chi connectivity index (χ3v) is 14.3. The van der Waals surface area contributed by atoms with Gasteiger partial charge in [-0.2, -0.15) is 0 Å². The number of allylic oxidation sites excluding steroid dienone is 7. The summed E-state index contributed by atoms with van der Waals surface area (Å²) in [6, 6.07) is -0.853. The van der Waals surface area contributed by atoms with Crippen molar-refractivity contribution in [2.24, 2.45) is 0 Å². The zero-order valence-electron chi connectivity index (χ0n) is 47.5. The fraction of sp³-hybridized carbons (Fsp3) is 0.836. The van der Waals surface area contributed by atoms with Gasteiger partial charge in [-0.3, -0.25) is 18.6 Å². The molecule has 0 heterocycles. The van der Waals surface area contributed by atoms with Crippen LogP contribution in [0.5, 0.6) is 0 Å². The third kappa shape index (κ3) is 52.6. The number of ether oxygens (including phenoxy) is 1. The van der Waals surface area contributed by atoms with E-state index in [2.05, 4.69) is 62.5 Å². The molecule has 0 aromatic heterocycles. The lowest BCUT2D eigenvalue weighted by Gasteiger charge is -2.27. The monoisotopic (exact) mass is 1020 g/mol. The molecule has 0 aliphatic rings. The molecule has 3 unspecified atom stereocenters. The highest BCUT2D eigenvalue weighted by molar-refractivity contribution is 7.47. The van der Waals surface area contributed by atoms with Crippen molar-refractivity contribution in [1.82, 2.24) is 5.32 Å². The summed E-state index contributed by atoms with van der Waals surface area (Å²) in [5, 5.41) is 3.05. The van der Waals surface area contributed by atoms with Crippen LogP contribution in [0, 0.1) is 0 Å². The molecule has 1 amide bonds. The Kier molecular flexibility index (Phi) is 50.0. The number of phosphoric acid groups is 1. The molecule has 0 saturated heterocycles. The number of nitrogens with one attached hydrogen (secondary N) is 1. The molecule has 10 heteroatoms. The highest BCUT2D eigenvalue weighted by atomic mass is 31.2.